The lowest BCUT2D eigenvalue weighted by Gasteiger charge is -2.31. The maximum Gasteiger partial charge on any atom is 0.252 e. The molecule has 0 radical (unpaired) electrons. The zero-order chi connectivity index (χ0) is 24.8. The maximum absolute atomic E-state index is 13.4. The van der Waals surface area contributed by atoms with Gasteiger partial charge in [0, 0.05) is 25.0 Å². The highest BCUT2D eigenvalue weighted by Gasteiger charge is 2.23. The zero-order valence-corrected chi connectivity index (χ0v) is 21.4. The Morgan fingerprint density at radius 2 is 1.83 bits per heavy atom. The van der Waals surface area contributed by atoms with Gasteiger partial charge in [-0.2, -0.15) is 0 Å². The van der Waals surface area contributed by atoms with Crippen molar-refractivity contribution in [3.63, 3.8) is 0 Å². The van der Waals surface area contributed by atoms with Crippen molar-refractivity contribution in [2.24, 2.45) is 5.92 Å². The molecule has 1 aliphatic heterocycles. The first kappa shape index (κ1) is 24.8. The molecule has 1 aromatic heterocycles. The number of carbonyl (C=O) groups excluding carboxylic acids is 1. The number of ether oxygens (including phenoxy) is 2. The molecular formula is C29H37N3O3. The number of hydrogen-bond acceptors (Lipinski definition) is 5. The van der Waals surface area contributed by atoms with Crippen molar-refractivity contribution in [3.05, 3.63) is 59.2 Å². The van der Waals surface area contributed by atoms with E-state index >= 15 is 0 Å². The number of para-hydroxylation sites is 1. The first-order valence-electron chi connectivity index (χ1n) is 12.7. The lowest BCUT2D eigenvalue weighted by molar-refractivity contribution is 0.0947. The van der Waals surface area contributed by atoms with E-state index in [1.54, 1.807) is 14.2 Å². The predicted molar refractivity (Wildman–Crippen MR) is 142 cm³/mol. The second-order valence-corrected chi connectivity index (χ2v) is 9.32. The molecule has 3 aromatic rings. The summed E-state index contributed by atoms with van der Waals surface area (Å²) in [7, 11) is 3.32. The number of rotatable bonds is 10. The van der Waals surface area contributed by atoms with Crippen molar-refractivity contribution in [3.8, 4) is 11.5 Å². The summed E-state index contributed by atoms with van der Waals surface area (Å²) in [5, 5.41) is 4.10. The van der Waals surface area contributed by atoms with Crippen LogP contribution in [0, 0.1) is 5.92 Å². The van der Waals surface area contributed by atoms with Gasteiger partial charge in [-0.05, 0) is 54.2 Å². The molecule has 0 saturated heterocycles. The second kappa shape index (κ2) is 11.4. The van der Waals surface area contributed by atoms with Crippen molar-refractivity contribution in [2.45, 2.75) is 52.5 Å². The van der Waals surface area contributed by atoms with Gasteiger partial charge < -0.3 is 19.7 Å². The summed E-state index contributed by atoms with van der Waals surface area (Å²) in [4.78, 5) is 20.5. The molecule has 1 N–H and O–H groups in total. The van der Waals surface area contributed by atoms with E-state index in [0.29, 0.717) is 24.6 Å². The minimum Gasteiger partial charge on any atom is -0.493 e. The van der Waals surface area contributed by atoms with Crippen LogP contribution in [0.2, 0.25) is 0 Å². The standard InChI is InChI=1S/C29H37N3O3/c1-5-7-10-20(6-2)18-30-29(33)24-17-28(31-25-12-9-8-11-23(24)25)32-14-13-21-15-26(34-3)27(35-4)16-22(21)19-32/h8-9,11-12,15-17,20H,5-7,10,13-14,18-19H2,1-4H3,(H,30,33). The predicted octanol–water partition coefficient (Wildman–Crippen LogP) is 5.76. The molecule has 1 amide bonds. The minimum absolute atomic E-state index is 0.0244. The molecule has 1 unspecified atom stereocenters. The molecule has 35 heavy (non-hydrogen) atoms. The molecule has 0 aliphatic carbocycles. The smallest absolute Gasteiger partial charge is 0.252 e. The van der Waals surface area contributed by atoms with Crippen LogP contribution in [0.3, 0.4) is 0 Å². The van der Waals surface area contributed by atoms with E-state index in [1.807, 2.05) is 30.3 Å². The summed E-state index contributed by atoms with van der Waals surface area (Å²) in [5.74, 6) is 2.80. The number of fused-ring (bicyclic) bond motifs is 2. The van der Waals surface area contributed by atoms with E-state index in [0.717, 1.165) is 54.0 Å². The number of amides is 1. The molecular weight excluding hydrogens is 438 g/mol. The highest BCUT2D eigenvalue weighted by molar-refractivity contribution is 6.07. The fraction of sp³-hybridized carbons (Fsp3) is 0.448. The number of hydrogen-bond donors (Lipinski definition) is 1. The Hall–Kier alpha value is -3.28. The summed E-state index contributed by atoms with van der Waals surface area (Å²) in [6.45, 7) is 6.65. The van der Waals surface area contributed by atoms with E-state index < -0.39 is 0 Å². The van der Waals surface area contributed by atoms with E-state index in [2.05, 4.69) is 36.2 Å². The Balaban J connectivity index is 1.61. The number of anilines is 1. The van der Waals surface area contributed by atoms with Crippen LogP contribution in [0.25, 0.3) is 10.9 Å². The van der Waals surface area contributed by atoms with Gasteiger partial charge in [-0.15, -0.1) is 0 Å². The minimum atomic E-state index is -0.0244. The summed E-state index contributed by atoms with van der Waals surface area (Å²) in [5.41, 5.74) is 3.98. The molecule has 186 valence electrons. The van der Waals surface area contributed by atoms with Crippen LogP contribution < -0.4 is 19.7 Å². The van der Waals surface area contributed by atoms with Gasteiger partial charge >= 0.3 is 0 Å². The number of benzene rings is 2. The zero-order valence-electron chi connectivity index (χ0n) is 21.4. The van der Waals surface area contributed by atoms with Crippen molar-refractivity contribution in [2.75, 3.05) is 32.2 Å². The van der Waals surface area contributed by atoms with Crippen LogP contribution in [0.5, 0.6) is 11.5 Å². The Morgan fingerprint density at radius 1 is 1.09 bits per heavy atom. The van der Waals surface area contributed by atoms with Crippen molar-refractivity contribution < 1.29 is 14.3 Å². The molecule has 0 spiro atoms. The molecule has 6 nitrogen and oxygen atoms in total. The molecule has 1 aliphatic rings. The van der Waals surface area contributed by atoms with Crippen LogP contribution in [0.1, 0.15) is 61.0 Å². The Bertz CT molecular complexity index is 1180. The summed E-state index contributed by atoms with van der Waals surface area (Å²) < 4.78 is 11.0. The third-order valence-electron chi connectivity index (χ3n) is 7.08. The maximum atomic E-state index is 13.4. The van der Waals surface area contributed by atoms with Crippen LogP contribution in [0.15, 0.2) is 42.5 Å². The SMILES string of the molecule is CCCCC(CC)CNC(=O)c1cc(N2CCc3cc(OC)c(OC)cc3C2)nc2ccccc12. The average molecular weight is 476 g/mol. The summed E-state index contributed by atoms with van der Waals surface area (Å²) in [6.07, 6.45) is 5.48. The van der Waals surface area contributed by atoms with E-state index in [4.69, 9.17) is 14.5 Å². The Morgan fingerprint density at radius 3 is 2.54 bits per heavy atom. The lowest BCUT2D eigenvalue weighted by atomic mass is 9.98. The number of aromatic nitrogens is 1. The Kier molecular flexibility index (Phi) is 8.11. The van der Waals surface area contributed by atoms with Gasteiger partial charge in [0.2, 0.25) is 0 Å². The number of carbonyl (C=O) groups is 1. The van der Waals surface area contributed by atoms with Gasteiger partial charge in [0.25, 0.3) is 5.91 Å². The van der Waals surface area contributed by atoms with Gasteiger partial charge in [-0.25, -0.2) is 4.98 Å². The third-order valence-corrected chi connectivity index (χ3v) is 7.08. The molecule has 6 heteroatoms. The number of unbranched alkanes of at least 4 members (excludes halogenated alkanes) is 1. The van der Waals surface area contributed by atoms with E-state index in [9.17, 15) is 4.79 Å². The van der Waals surface area contributed by atoms with Gasteiger partial charge in [-0.1, -0.05) is 51.3 Å². The van der Waals surface area contributed by atoms with Gasteiger partial charge in [0.15, 0.2) is 11.5 Å². The van der Waals surface area contributed by atoms with Gasteiger partial charge in [-0.3, -0.25) is 4.79 Å². The molecule has 4 rings (SSSR count). The van der Waals surface area contributed by atoms with Gasteiger partial charge in [0.05, 0.1) is 25.3 Å². The molecule has 0 bridgehead atoms. The van der Waals surface area contributed by atoms with Crippen LogP contribution >= 0.6 is 0 Å². The second-order valence-electron chi connectivity index (χ2n) is 9.32. The quantitative estimate of drug-likeness (QED) is 0.404. The van der Waals surface area contributed by atoms with Gasteiger partial charge in [0.1, 0.15) is 5.82 Å². The number of nitrogens with zero attached hydrogens (tertiary/aromatic N) is 2. The lowest BCUT2D eigenvalue weighted by Crippen LogP contribution is -2.32. The molecule has 2 heterocycles. The monoisotopic (exact) mass is 475 g/mol. The molecule has 1 atom stereocenters. The highest BCUT2D eigenvalue weighted by atomic mass is 16.5. The van der Waals surface area contributed by atoms with Crippen LogP contribution in [-0.4, -0.2) is 38.2 Å². The topological polar surface area (TPSA) is 63.7 Å². The Labute approximate surface area is 208 Å². The average Bonchev–Trinajstić information content (AvgIpc) is 2.91. The number of methoxy groups -OCH3 is 2. The van der Waals surface area contributed by atoms with E-state index in [1.165, 1.54) is 24.0 Å². The molecule has 0 saturated carbocycles. The number of pyridine rings is 1. The highest BCUT2D eigenvalue weighted by Crippen LogP contribution is 2.35. The fourth-order valence-electron chi connectivity index (χ4n) is 4.87. The number of nitrogens with one attached hydrogen (secondary N) is 1. The molecule has 2 aromatic carbocycles. The van der Waals surface area contributed by atoms with Crippen LogP contribution in [-0.2, 0) is 13.0 Å². The van der Waals surface area contributed by atoms with Crippen molar-refractivity contribution in [1.29, 1.82) is 0 Å². The van der Waals surface area contributed by atoms with Crippen molar-refractivity contribution >= 4 is 22.6 Å². The van der Waals surface area contributed by atoms with Crippen LogP contribution in [0.4, 0.5) is 5.82 Å². The van der Waals surface area contributed by atoms with E-state index in [-0.39, 0.29) is 5.91 Å². The summed E-state index contributed by atoms with van der Waals surface area (Å²) in [6, 6.07) is 14.0. The normalized spacial score (nSPS) is 13.9. The largest absolute Gasteiger partial charge is 0.493 e. The third kappa shape index (κ3) is 5.53. The molecule has 0 fully saturated rings. The summed E-state index contributed by atoms with van der Waals surface area (Å²) >= 11 is 0. The fourth-order valence-corrected chi connectivity index (χ4v) is 4.87. The first-order valence-corrected chi connectivity index (χ1v) is 12.7. The first-order chi connectivity index (χ1) is 17.1. The van der Waals surface area contributed by atoms with Crippen molar-refractivity contribution in [1.82, 2.24) is 10.3 Å².